The number of hydrogen-bond acceptors (Lipinski definition) is 2. The monoisotopic (exact) mass is 291 g/mol. The van der Waals surface area contributed by atoms with E-state index in [1.807, 2.05) is 0 Å². The van der Waals surface area contributed by atoms with Gasteiger partial charge in [-0.25, -0.2) is 13.8 Å². The van der Waals surface area contributed by atoms with E-state index in [4.69, 9.17) is 0 Å². The predicted molar refractivity (Wildman–Crippen MR) is 61.2 cm³/mol. The Bertz CT molecular complexity index is 616. The van der Waals surface area contributed by atoms with Crippen LogP contribution in [-0.4, -0.2) is 29.2 Å². The number of hydrogen-bond donors (Lipinski definition) is 2. The second-order valence-electron chi connectivity index (χ2n) is 4.88. The van der Waals surface area contributed by atoms with Gasteiger partial charge < -0.3 is 10.3 Å². The average Bonchev–Trinajstić information content (AvgIpc) is 2.95. The van der Waals surface area contributed by atoms with Gasteiger partial charge in [-0.2, -0.15) is 13.2 Å². The highest BCUT2D eigenvalue weighted by Crippen LogP contribution is 2.44. The predicted octanol–water partition coefficient (Wildman–Crippen LogP) is 2.63. The van der Waals surface area contributed by atoms with E-state index in [0.717, 1.165) is 12.1 Å². The van der Waals surface area contributed by atoms with E-state index in [2.05, 4.69) is 15.3 Å². The Labute approximate surface area is 110 Å². The SMILES string of the molecule is Fc1cc2nc(C3(C(F)(F)F)CCNC3)[nH]c2cc1F. The minimum absolute atomic E-state index is 0.0191. The number of rotatable bonds is 1. The molecule has 1 saturated heterocycles. The number of nitrogens with zero attached hydrogens (tertiary/aromatic N) is 1. The van der Waals surface area contributed by atoms with E-state index < -0.39 is 23.2 Å². The average molecular weight is 291 g/mol. The summed E-state index contributed by atoms with van der Waals surface area (Å²) in [5.41, 5.74) is -2.11. The molecule has 20 heavy (non-hydrogen) atoms. The number of aromatic amines is 1. The molecular formula is C12H10F5N3. The molecule has 0 spiro atoms. The summed E-state index contributed by atoms with van der Waals surface area (Å²) in [5.74, 6) is -2.57. The van der Waals surface area contributed by atoms with Gasteiger partial charge in [-0.05, 0) is 13.0 Å². The molecule has 0 bridgehead atoms. The minimum atomic E-state index is -4.50. The molecule has 108 valence electrons. The Morgan fingerprint density at radius 3 is 2.45 bits per heavy atom. The molecule has 3 rings (SSSR count). The molecule has 1 aliphatic rings. The van der Waals surface area contributed by atoms with E-state index in [-0.39, 0.29) is 36.4 Å². The summed E-state index contributed by atoms with van der Waals surface area (Å²) in [4.78, 5) is 6.29. The van der Waals surface area contributed by atoms with E-state index in [0.29, 0.717) is 0 Å². The van der Waals surface area contributed by atoms with Crippen LogP contribution in [0.4, 0.5) is 22.0 Å². The summed E-state index contributed by atoms with van der Waals surface area (Å²) in [6, 6.07) is 1.60. The minimum Gasteiger partial charge on any atom is -0.341 e. The van der Waals surface area contributed by atoms with Crippen molar-refractivity contribution in [3.63, 3.8) is 0 Å². The quantitative estimate of drug-likeness (QED) is 0.793. The Morgan fingerprint density at radius 2 is 1.85 bits per heavy atom. The number of H-pyrrole nitrogens is 1. The molecule has 0 amide bonds. The fraction of sp³-hybridized carbons (Fsp3) is 0.417. The largest absolute Gasteiger partial charge is 0.402 e. The van der Waals surface area contributed by atoms with Crippen LogP contribution in [0.25, 0.3) is 11.0 Å². The molecule has 8 heteroatoms. The highest BCUT2D eigenvalue weighted by Gasteiger charge is 2.59. The van der Waals surface area contributed by atoms with Crippen LogP contribution in [0.15, 0.2) is 12.1 Å². The number of imidazole rings is 1. The first-order valence-electron chi connectivity index (χ1n) is 5.96. The van der Waals surface area contributed by atoms with Gasteiger partial charge in [0, 0.05) is 18.7 Å². The van der Waals surface area contributed by atoms with Gasteiger partial charge in [0.25, 0.3) is 0 Å². The second-order valence-corrected chi connectivity index (χ2v) is 4.88. The first-order chi connectivity index (χ1) is 9.33. The maximum absolute atomic E-state index is 13.3. The summed E-state index contributed by atoms with van der Waals surface area (Å²) in [6.45, 7) is -0.0967. The van der Waals surface area contributed by atoms with Crippen molar-refractivity contribution in [2.45, 2.75) is 18.0 Å². The summed E-state index contributed by atoms with van der Waals surface area (Å²) >= 11 is 0. The Hall–Kier alpha value is -1.70. The summed E-state index contributed by atoms with van der Waals surface area (Å²) < 4.78 is 66.2. The Morgan fingerprint density at radius 1 is 1.15 bits per heavy atom. The van der Waals surface area contributed by atoms with E-state index in [9.17, 15) is 22.0 Å². The number of fused-ring (bicyclic) bond motifs is 1. The van der Waals surface area contributed by atoms with E-state index >= 15 is 0 Å². The van der Waals surface area contributed by atoms with Crippen LogP contribution in [-0.2, 0) is 5.41 Å². The molecule has 0 aliphatic carbocycles. The topological polar surface area (TPSA) is 40.7 Å². The Kier molecular flexibility index (Phi) is 2.75. The number of alkyl halides is 3. The molecule has 2 aromatic rings. The van der Waals surface area contributed by atoms with Gasteiger partial charge in [0.1, 0.15) is 11.2 Å². The number of benzene rings is 1. The van der Waals surface area contributed by atoms with Crippen LogP contribution >= 0.6 is 0 Å². The summed E-state index contributed by atoms with van der Waals surface area (Å²) in [6.07, 6.45) is -4.66. The third-order valence-corrected chi connectivity index (χ3v) is 3.68. The van der Waals surface area contributed by atoms with Crippen molar-refractivity contribution in [2.24, 2.45) is 0 Å². The second kappa shape index (κ2) is 4.15. The lowest BCUT2D eigenvalue weighted by Gasteiger charge is -2.28. The van der Waals surface area contributed by atoms with Crippen LogP contribution in [0.3, 0.4) is 0 Å². The highest BCUT2D eigenvalue weighted by atomic mass is 19.4. The van der Waals surface area contributed by atoms with Crippen molar-refractivity contribution in [2.75, 3.05) is 13.1 Å². The van der Waals surface area contributed by atoms with Crippen LogP contribution in [0.5, 0.6) is 0 Å². The molecule has 0 radical (unpaired) electrons. The molecule has 1 fully saturated rings. The van der Waals surface area contributed by atoms with Crippen LogP contribution in [0.1, 0.15) is 12.2 Å². The summed E-state index contributed by atoms with van der Waals surface area (Å²) in [5, 5.41) is 2.66. The van der Waals surface area contributed by atoms with Gasteiger partial charge in [-0.3, -0.25) is 0 Å². The number of nitrogens with one attached hydrogen (secondary N) is 2. The molecule has 1 atom stereocenters. The van der Waals surface area contributed by atoms with Crippen molar-refractivity contribution in [1.29, 1.82) is 0 Å². The van der Waals surface area contributed by atoms with E-state index in [1.54, 1.807) is 0 Å². The third kappa shape index (κ3) is 1.78. The van der Waals surface area contributed by atoms with Gasteiger partial charge in [0.15, 0.2) is 11.6 Å². The normalized spacial score (nSPS) is 23.6. The van der Waals surface area contributed by atoms with Crippen molar-refractivity contribution in [1.82, 2.24) is 15.3 Å². The zero-order chi connectivity index (χ0) is 14.5. The maximum atomic E-state index is 13.3. The zero-order valence-electron chi connectivity index (χ0n) is 10.1. The molecule has 3 nitrogen and oxygen atoms in total. The zero-order valence-corrected chi connectivity index (χ0v) is 10.1. The molecule has 1 aromatic carbocycles. The van der Waals surface area contributed by atoms with Crippen molar-refractivity contribution >= 4 is 11.0 Å². The van der Waals surface area contributed by atoms with Gasteiger partial charge in [-0.1, -0.05) is 0 Å². The van der Waals surface area contributed by atoms with Crippen LogP contribution in [0.2, 0.25) is 0 Å². The van der Waals surface area contributed by atoms with Gasteiger partial charge in [0.05, 0.1) is 11.0 Å². The smallest absolute Gasteiger partial charge is 0.341 e. The van der Waals surface area contributed by atoms with E-state index in [1.165, 1.54) is 0 Å². The highest BCUT2D eigenvalue weighted by molar-refractivity contribution is 5.75. The molecule has 1 aliphatic heterocycles. The van der Waals surface area contributed by atoms with Gasteiger partial charge >= 0.3 is 6.18 Å². The van der Waals surface area contributed by atoms with Crippen molar-refractivity contribution < 1.29 is 22.0 Å². The van der Waals surface area contributed by atoms with Crippen molar-refractivity contribution in [3.05, 3.63) is 29.6 Å². The lowest BCUT2D eigenvalue weighted by Crippen LogP contribution is -2.45. The number of halogens is 5. The fourth-order valence-corrected chi connectivity index (χ4v) is 2.50. The first-order valence-corrected chi connectivity index (χ1v) is 5.96. The third-order valence-electron chi connectivity index (χ3n) is 3.68. The Balaban J connectivity index is 2.18. The van der Waals surface area contributed by atoms with Gasteiger partial charge in [0.2, 0.25) is 0 Å². The van der Waals surface area contributed by atoms with Crippen LogP contribution in [0, 0.1) is 11.6 Å². The molecule has 2 heterocycles. The first kappa shape index (κ1) is 13.3. The fourth-order valence-electron chi connectivity index (χ4n) is 2.50. The number of aromatic nitrogens is 2. The molecular weight excluding hydrogens is 281 g/mol. The molecule has 2 N–H and O–H groups in total. The van der Waals surface area contributed by atoms with Crippen LogP contribution < -0.4 is 5.32 Å². The van der Waals surface area contributed by atoms with Crippen molar-refractivity contribution in [3.8, 4) is 0 Å². The molecule has 1 aromatic heterocycles. The molecule has 1 unspecified atom stereocenters. The lowest BCUT2D eigenvalue weighted by atomic mass is 9.85. The lowest BCUT2D eigenvalue weighted by molar-refractivity contribution is -0.186. The van der Waals surface area contributed by atoms with Gasteiger partial charge in [-0.15, -0.1) is 0 Å². The molecule has 0 saturated carbocycles. The maximum Gasteiger partial charge on any atom is 0.402 e. The summed E-state index contributed by atoms with van der Waals surface area (Å²) in [7, 11) is 0. The standard InChI is InChI=1S/C12H10F5N3/c13-6-3-8-9(4-7(6)14)20-10(19-8)11(12(15,16)17)1-2-18-5-11/h3-4,18H,1-2,5H2,(H,19,20).